The third-order valence-corrected chi connectivity index (χ3v) is 8.59. The number of carbonyl (C=O) groups excluding carboxylic acids is 1. The summed E-state index contributed by atoms with van der Waals surface area (Å²) in [5.41, 5.74) is 4.13. The van der Waals surface area contributed by atoms with Crippen LogP contribution in [-0.2, 0) is 10.2 Å². The molecule has 3 atom stereocenters. The normalized spacial score (nSPS) is 21.8. The molecular formula is C31H34N8O3. The number of nitrogens with one attached hydrogen (secondary N) is 1. The Morgan fingerprint density at radius 2 is 1.83 bits per heavy atom. The van der Waals surface area contributed by atoms with E-state index in [0.29, 0.717) is 18.2 Å². The van der Waals surface area contributed by atoms with Crippen molar-refractivity contribution in [1.29, 1.82) is 0 Å². The van der Waals surface area contributed by atoms with Gasteiger partial charge in [-0.1, -0.05) is 6.92 Å². The largest absolute Gasteiger partial charge is 0.457 e. The number of hydrogen-bond donors (Lipinski definition) is 1. The number of benzene rings is 1. The molecule has 11 heteroatoms. The van der Waals surface area contributed by atoms with E-state index in [0.717, 1.165) is 46.8 Å². The highest BCUT2D eigenvalue weighted by atomic mass is 16.6. The maximum absolute atomic E-state index is 12.9. The summed E-state index contributed by atoms with van der Waals surface area (Å²) in [5, 5.41) is 12.2. The number of hydrogen-bond acceptors (Lipinski definition) is 8. The number of likely N-dealkylation sites (tertiary alicyclic amines) is 1. The highest BCUT2D eigenvalue weighted by molar-refractivity contribution is 5.78. The first-order valence-electron chi connectivity index (χ1n) is 14.2. The number of aryl methyl sites for hydroxylation is 1. The van der Waals surface area contributed by atoms with Gasteiger partial charge in [-0.15, -0.1) is 0 Å². The van der Waals surface area contributed by atoms with Crippen LogP contribution in [0.2, 0.25) is 0 Å². The van der Waals surface area contributed by atoms with Gasteiger partial charge in [-0.05, 0) is 87.9 Å². The third-order valence-electron chi connectivity index (χ3n) is 8.59. The summed E-state index contributed by atoms with van der Waals surface area (Å²) >= 11 is 0. The topological polar surface area (TPSA) is 111 Å². The van der Waals surface area contributed by atoms with E-state index in [9.17, 15) is 4.79 Å². The number of nitrogens with zero attached hydrogens (tertiary/aromatic N) is 7. The second-order valence-electron chi connectivity index (χ2n) is 12.6. The zero-order valence-corrected chi connectivity index (χ0v) is 24.4. The van der Waals surface area contributed by atoms with Crippen molar-refractivity contribution < 1.29 is 14.3 Å². The minimum absolute atomic E-state index is 0.113. The molecule has 1 aliphatic carbocycles. The van der Waals surface area contributed by atoms with Crippen molar-refractivity contribution in [3.8, 4) is 11.5 Å². The molecule has 2 bridgehead atoms. The van der Waals surface area contributed by atoms with Gasteiger partial charge < -0.3 is 19.7 Å². The summed E-state index contributed by atoms with van der Waals surface area (Å²) in [6.45, 7) is 10.7. The molecule has 7 rings (SSSR count). The first kappa shape index (κ1) is 26.2. The Morgan fingerprint density at radius 3 is 2.60 bits per heavy atom. The number of aromatic nitrogens is 6. The number of rotatable bonds is 5. The molecule has 0 spiro atoms. The van der Waals surface area contributed by atoms with Gasteiger partial charge in [0.05, 0.1) is 0 Å². The molecule has 216 valence electrons. The van der Waals surface area contributed by atoms with Crippen molar-refractivity contribution in [3.05, 3.63) is 72.6 Å². The second kappa shape index (κ2) is 9.43. The van der Waals surface area contributed by atoms with E-state index < -0.39 is 5.60 Å². The van der Waals surface area contributed by atoms with Gasteiger partial charge in [0.2, 0.25) is 0 Å². The predicted octanol–water partition coefficient (Wildman–Crippen LogP) is 5.90. The third kappa shape index (κ3) is 4.49. The average Bonchev–Trinajstić information content (AvgIpc) is 3.72. The molecule has 1 saturated carbocycles. The van der Waals surface area contributed by atoms with E-state index in [2.05, 4.69) is 38.5 Å². The zero-order valence-electron chi connectivity index (χ0n) is 24.4. The molecule has 1 amide bonds. The van der Waals surface area contributed by atoms with Crippen LogP contribution in [0, 0.1) is 12.8 Å². The van der Waals surface area contributed by atoms with Gasteiger partial charge in [-0.25, -0.2) is 23.8 Å². The first-order chi connectivity index (χ1) is 20.1. The van der Waals surface area contributed by atoms with Crippen LogP contribution in [0.3, 0.4) is 0 Å². The summed E-state index contributed by atoms with van der Waals surface area (Å²) in [4.78, 5) is 23.7. The van der Waals surface area contributed by atoms with Crippen LogP contribution in [0.5, 0.6) is 11.5 Å². The van der Waals surface area contributed by atoms with Crippen LogP contribution in [0.1, 0.15) is 51.7 Å². The summed E-state index contributed by atoms with van der Waals surface area (Å²) in [6, 6.07) is 12.0. The smallest absolute Gasteiger partial charge is 0.410 e. The van der Waals surface area contributed by atoms with E-state index >= 15 is 0 Å². The Labute approximate surface area is 243 Å². The number of piperidine rings is 1. The molecule has 1 aromatic carbocycles. The zero-order chi connectivity index (χ0) is 29.2. The number of fused-ring (bicyclic) bond motifs is 4. The van der Waals surface area contributed by atoms with Gasteiger partial charge in [-0.2, -0.15) is 10.2 Å². The van der Waals surface area contributed by atoms with Crippen LogP contribution in [0.25, 0.3) is 11.2 Å². The predicted molar refractivity (Wildman–Crippen MR) is 157 cm³/mol. The molecule has 1 saturated heterocycles. The quantitative estimate of drug-likeness (QED) is 0.280. The van der Waals surface area contributed by atoms with Gasteiger partial charge >= 0.3 is 6.09 Å². The second-order valence-corrected chi connectivity index (χ2v) is 12.6. The molecule has 0 radical (unpaired) electrons. The Balaban J connectivity index is 1.13. The van der Waals surface area contributed by atoms with Crippen LogP contribution >= 0.6 is 0 Å². The lowest BCUT2D eigenvalue weighted by Gasteiger charge is -2.39. The van der Waals surface area contributed by atoms with Crippen LogP contribution < -0.4 is 10.1 Å². The first-order valence-corrected chi connectivity index (χ1v) is 14.2. The van der Waals surface area contributed by atoms with Gasteiger partial charge in [0.25, 0.3) is 0 Å². The molecule has 1 N–H and O–H groups in total. The van der Waals surface area contributed by atoms with Gasteiger partial charge in [0, 0.05) is 42.1 Å². The number of amides is 1. The minimum Gasteiger partial charge on any atom is -0.457 e. The fraction of sp³-hybridized carbons (Fsp3) is 0.387. The Kier molecular flexibility index (Phi) is 5.89. The van der Waals surface area contributed by atoms with Crippen molar-refractivity contribution in [3.63, 3.8) is 0 Å². The van der Waals surface area contributed by atoms with Crippen molar-refractivity contribution in [2.24, 2.45) is 5.92 Å². The highest BCUT2D eigenvalue weighted by Crippen LogP contribution is 2.53. The van der Waals surface area contributed by atoms with Gasteiger partial charge in [0.15, 0.2) is 11.5 Å². The monoisotopic (exact) mass is 566 g/mol. The van der Waals surface area contributed by atoms with Crippen LogP contribution in [-0.4, -0.2) is 58.4 Å². The maximum Gasteiger partial charge on any atom is 0.410 e. The van der Waals surface area contributed by atoms with Gasteiger partial charge in [-0.3, -0.25) is 0 Å². The molecular weight excluding hydrogens is 532 g/mol. The number of anilines is 2. The Morgan fingerprint density at radius 1 is 1.05 bits per heavy atom. The molecule has 2 aliphatic rings. The van der Waals surface area contributed by atoms with E-state index in [1.807, 2.05) is 79.8 Å². The highest BCUT2D eigenvalue weighted by Gasteiger charge is 2.55. The minimum atomic E-state index is -0.506. The van der Waals surface area contributed by atoms with Crippen molar-refractivity contribution >= 4 is 28.8 Å². The lowest BCUT2D eigenvalue weighted by molar-refractivity contribution is 0.0150. The fourth-order valence-electron chi connectivity index (χ4n) is 6.57. The molecule has 42 heavy (non-hydrogen) atoms. The Hall–Kier alpha value is -4.67. The molecule has 5 heterocycles. The Bertz CT molecular complexity index is 1820. The fourth-order valence-corrected chi connectivity index (χ4v) is 6.57. The van der Waals surface area contributed by atoms with Crippen LogP contribution in [0.4, 0.5) is 16.3 Å². The molecule has 1 aliphatic heterocycles. The van der Waals surface area contributed by atoms with Crippen molar-refractivity contribution in [2.45, 2.75) is 64.5 Å². The molecule has 2 fully saturated rings. The van der Waals surface area contributed by atoms with Crippen molar-refractivity contribution in [1.82, 2.24) is 34.1 Å². The summed E-state index contributed by atoms with van der Waals surface area (Å²) < 4.78 is 15.4. The molecule has 1 unspecified atom stereocenters. The lowest BCUT2D eigenvalue weighted by Crippen LogP contribution is -2.47. The molecule has 5 aromatic rings. The summed E-state index contributed by atoms with van der Waals surface area (Å²) in [5.74, 6) is 2.51. The maximum atomic E-state index is 12.9. The summed E-state index contributed by atoms with van der Waals surface area (Å²) in [7, 11) is 0. The van der Waals surface area contributed by atoms with Crippen molar-refractivity contribution in [2.75, 3.05) is 11.9 Å². The molecule has 4 aromatic heterocycles. The number of ether oxygens (including phenoxy) is 2. The number of carbonyl (C=O) groups is 1. The molecule has 11 nitrogen and oxygen atoms in total. The van der Waals surface area contributed by atoms with E-state index in [1.165, 1.54) is 11.9 Å². The average molecular weight is 567 g/mol. The van der Waals surface area contributed by atoms with E-state index in [1.54, 1.807) is 10.8 Å². The lowest BCUT2D eigenvalue weighted by atomic mass is 9.73. The SMILES string of the molecule is Cc1cc(Nc2ncnn3ccc(C4(C)C[C@H]5C[C@@H]4CN5C(=O)OC(C)(C)C)c23)ccc1Oc1ccn2ncnc2c1. The van der Waals surface area contributed by atoms with Crippen LogP contribution in [0.15, 0.2) is 61.4 Å². The standard InChI is InChI=1S/C31H34N8O3/c1-19-12-21(6-7-25(19)41-23-8-10-38-26(14-23)32-17-34-38)36-28-27-24(9-11-39(27)35-18-33-28)31(5)15-22-13-20(31)16-37(22)29(40)42-30(2,3)4/h6-12,14,17-18,20,22H,13,15-16H2,1-5H3,(H,33,35,36)/t20-,22-,31?/m1/s1. The van der Waals surface area contributed by atoms with Gasteiger partial charge in [0.1, 0.15) is 35.3 Å². The van der Waals surface area contributed by atoms with E-state index in [-0.39, 0.29) is 17.6 Å². The summed E-state index contributed by atoms with van der Waals surface area (Å²) in [6.07, 6.45) is 8.52. The number of pyridine rings is 1. The van der Waals surface area contributed by atoms with E-state index in [4.69, 9.17) is 9.47 Å².